The maximum absolute atomic E-state index is 14.9. The van der Waals surface area contributed by atoms with Crippen molar-refractivity contribution in [2.45, 2.75) is 63.8 Å². The Balaban J connectivity index is 1.33. The van der Waals surface area contributed by atoms with Gasteiger partial charge in [0.25, 0.3) is 0 Å². The molecule has 0 radical (unpaired) electrons. The predicted molar refractivity (Wildman–Crippen MR) is 139 cm³/mol. The molecular weight excluding hydrogens is 500 g/mol. The number of anilines is 1. The van der Waals surface area contributed by atoms with Crippen LogP contribution in [0.25, 0.3) is 22.3 Å². The third-order valence-electron chi connectivity index (χ3n) is 7.31. The molecule has 0 aliphatic carbocycles. The van der Waals surface area contributed by atoms with E-state index in [2.05, 4.69) is 25.6 Å². The van der Waals surface area contributed by atoms with Gasteiger partial charge in [-0.25, -0.2) is 36.5 Å². The van der Waals surface area contributed by atoms with Crippen LogP contribution in [0.1, 0.15) is 51.4 Å². The van der Waals surface area contributed by atoms with Gasteiger partial charge in [-0.3, -0.25) is 0 Å². The summed E-state index contributed by atoms with van der Waals surface area (Å²) >= 11 is 0. The number of sulfonamides is 1. The number of hydrogen-bond donors (Lipinski definition) is 2. The maximum atomic E-state index is 14.9. The number of aromatic nitrogens is 4. The molecule has 2 aromatic heterocycles. The number of halogens is 2. The zero-order valence-corrected chi connectivity index (χ0v) is 22.2. The van der Waals surface area contributed by atoms with E-state index in [-0.39, 0.29) is 34.5 Å². The second-order valence-electron chi connectivity index (χ2n) is 10.2. The lowest BCUT2D eigenvalue weighted by Gasteiger charge is -2.35. The Bertz CT molecular complexity index is 1400. The Kier molecular flexibility index (Phi) is 7.16. The van der Waals surface area contributed by atoms with Gasteiger partial charge in [-0.05, 0) is 71.7 Å². The van der Waals surface area contributed by atoms with E-state index in [0.29, 0.717) is 55.7 Å². The van der Waals surface area contributed by atoms with Crippen LogP contribution >= 0.6 is 0 Å². The van der Waals surface area contributed by atoms with E-state index in [9.17, 15) is 17.2 Å². The normalized spacial score (nSPS) is 18.6. The second kappa shape index (κ2) is 10.2. The molecule has 4 heterocycles. The molecule has 0 unspecified atom stereocenters. The highest BCUT2D eigenvalue weighted by Gasteiger charge is 2.35. The summed E-state index contributed by atoms with van der Waals surface area (Å²) < 4.78 is 59.3. The van der Waals surface area contributed by atoms with Crippen LogP contribution in [-0.4, -0.2) is 69.7 Å². The third kappa shape index (κ3) is 5.06. The summed E-state index contributed by atoms with van der Waals surface area (Å²) in [6, 6.07) is 2.95. The molecule has 3 aromatic rings. The quantitative estimate of drug-likeness (QED) is 0.499. The van der Waals surface area contributed by atoms with Gasteiger partial charge < -0.3 is 15.2 Å². The Labute approximate surface area is 215 Å². The number of piperidine rings is 2. The molecule has 0 bridgehead atoms. The SMILES string of the molecule is Cc1nc2c(F)cc(-c3nc(NC4CCN(S(=O)(=O)C5CCNCC5)CC4)ncc3F)cc2n1C(C)C. The van der Waals surface area contributed by atoms with Crippen LogP contribution in [0.15, 0.2) is 18.3 Å². The molecule has 12 heteroatoms. The molecule has 2 aliphatic rings. The van der Waals surface area contributed by atoms with Crippen LogP contribution < -0.4 is 10.6 Å². The van der Waals surface area contributed by atoms with Crippen molar-refractivity contribution < 1.29 is 17.2 Å². The molecule has 200 valence electrons. The monoisotopic (exact) mass is 533 g/mol. The van der Waals surface area contributed by atoms with Crippen molar-refractivity contribution in [2.24, 2.45) is 0 Å². The fourth-order valence-corrected chi connectivity index (χ4v) is 7.41. The molecule has 1 aromatic carbocycles. The third-order valence-corrected chi connectivity index (χ3v) is 9.71. The minimum atomic E-state index is -3.32. The lowest BCUT2D eigenvalue weighted by molar-refractivity contribution is 0.320. The summed E-state index contributed by atoms with van der Waals surface area (Å²) in [7, 11) is -3.32. The molecule has 0 amide bonds. The predicted octanol–water partition coefficient (Wildman–Crippen LogP) is 3.62. The molecule has 2 fully saturated rings. The molecule has 0 spiro atoms. The molecule has 2 N–H and O–H groups in total. The van der Waals surface area contributed by atoms with Crippen molar-refractivity contribution in [1.82, 2.24) is 29.1 Å². The van der Waals surface area contributed by atoms with E-state index in [0.717, 1.165) is 19.3 Å². The number of nitrogens with zero attached hydrogens (tertiary/aromatic N) is 5. The van der Waals surface area contributed by atoms with Gasteiger partial charge in [0.05, 0.1) is 17.0 Å². The van der Waals surface area contributed by atoms with E-state index in [4.69, 9.17) is 0 Å². The standard InChI is InChI=1S/C25H33F2N7O2S/c1-15(2)34-16(3)30-24-20(26)12-17(13-22(24)34)23-21(27)14-29-25(32-23)31-18-6-10-33(11-7-18)37(35,36)19-4-8-28-9-5-19/h12-15,18-19,28H,4-11H2,1-3H3,(H,29,31,32). The number of fused-ring (bicyclic) bond motifs is 1. The van der Waals surface area contributed by atoms with Crippen molar-refractivity contribution in [3.8, 4) is 11.3 Å². The Morgan fingerprint density at radius 3 is 2.43 bits per heavy atom. The first kappa shape index (κ1) is 25.9. The maximum Gasteiger partial charge on any atom is 0.223 e. The zero-order chi connectivity index (χ0) is 26.3. The van der Waals surface area contributed by atoms with Crippen LogP contribution in [-0.2, 0) is 10.0 Å². The van der Waals surface area contributed by atoms with Gasteiger partial charge in [0.15, 0.2) is 11.6 Å². The van der Waals surface area contributed by atoms with E-state index in [1.165, 1.54) is 6.07 Å². The zero-order valence-electron chi connectivity index (χ0n) is 21.3. The van der Waals surface area contributed by atoms with Crippen molar-refractivity contribution >= 4 is 27.0 Å². The Morgan fingerprint density at radius 1 is 1.05 bits per heavy atom. The number of rotatable bonds is 6. The number of hydrogen-bond acceptors (Lipinski definition) is 7. The highest BCUT2D eigenvalue weighted by molar-refractivity contribution is 7.89. The number of aryl methyl sites for hydroxylation is 1. The first-order valence-corrected chi connectivity index (χ1v) is 14.3. The number of nitrogens with one attached hydrogen (secondary N) is 2. The highest BCUT2D eigenvalue weighted by Crippen LogP contribution is 2.30. The molecule has 0 saturated carbocycles. The summed E-state index contributed by atoms with van der Waals surface area (Å²) in [5.41, 5.74) is 1.13. The topological polar surface area (TPSA) is 105 Å². The smallest absolute Gasteiger partial charge is 0.223 e. The summed E-state index contributed by atoms with van der Waals surface area (Å²) in [6.45, 7) is 8.06. The minimum absolute atomic E-state index is 0.00150. The molecule has 2 aliphatic heterocycles. The van der Waals surface area contributed by atoms with E-state index < -0.39 is 21.7 Å². The van der Waals surface area contributed by atoms with Crippen LogP contribution in [0, 0.1) is 18.6 Å². The lowest BCUT2D eigenvalue weighted by atomic mass is 10.1. The van der Waals surface area contributed by atoms with Gasteiger partial charge in [-0.15, -0.1) is 0 Å². The molecule has 9 nitrogen and oxygen atoms in total. The van der Waals surface area contributed by atoms with Crippen molar-refractivity contribution in [2.75, 3.05) is 31.5 Å². The first-order valence-electron chi connectivity index (χ1n) is 12.8. The largest absolute Gasteiger partial charge is 0.351 e. The van der Waals surface area contributed by atoms with Gasteiger partial charge in [-0.2, -0.15) is 0 Å². The summed E-state index contributed by atoms with van der Waals surface area (Å²) in [4.78, 5) is 12.8. The second-order valence-corrected chi connectivity index (χ2v) is 12.4. The Morgan fingerprint density at radius 2 is 1.76 bits per heavy atom. The molecule has 2 saturated heterocycles. The number of benzene rings is 1. The van der Waals surface area contributed by atoms with Gasteiger partial charge in [-0.1, -0.05) is 0 Å². The summed E-state index contributed by atoms with van der Waals surface area (Å²) in [5.74, 6) is -0.283. The molecular formula is C25H33F2N7O2S. The average molecular weight is 534 g/mol. The Hall–Kier alpha value is -2.70. The van der Waals surface area contributed by atoms with Gasteiger partial charge in [0.1, 0.15) is 17.0 Å². The first-order chi connectivity index (χ1) is 17.6. The van der Waals surface area contributed by atoms with E-state index in [1.807, 2.05) is 25.3 Å². The fraction of sp³-hybridized carbons (Fsp3) is 0.560. The molecule has 0 atom stereocenters. The van der Waals surface area contributed by atoms with Crippen LogP contribution in [0.2, 0.25) is 0 Å². The van der Waals surface area contributed by atoms with Gasteiger partial charge >= 0.3 is 0 Å². The molecule has 5 rings (SSSR count). The van der Waals surface area contributed by atoms with E-state index in [1.54, 1.807) is 10.4 Å². The van der Waals surface area contributed by atoms with Crippen molar-refractivity contribution in [1.29, 1.82) is 0 Å². The van der Waals surface area contributed by atoms with Crippen LogP contribution in [0.4, 0.5) is 14.7 Å². The fourth-order valence-electron chi connectivity index (χ4n) is 5.44. The average Bonchev–Trinajstić information content (AvgIpc) is 3.22. The van der Waals surface area contributed by atoms with Crippen LogP contribution in [0.5, 0.6) is 0 Å². The summed E-state index contributed by atoms with van der Waals surface area (Å²) in [6.07, 6.45) is 3.53. The van der Waals surface area contributed by atoms with Crippen molar-refractivity contribution in [3.05, 3.63) is 35.8 Å². The van der Waals surface area contributed by atoms with Gasteiger partial charge in [0, 0.05) is 30.7 Å². The number of imidazole rings is 1. The van der Waals surface area contributed by atoms with Gasteiger partial charge in [0.2, 0.25) is 16.0 Å². The van der Waals surface area contributed by atoms with Crippen LogP contribution in [0.3, 0.4) is 0 Å². The lowest BCUT2D eigenvalue weighted by Crippen LogP contribution is -2.48. The van der Waals surface area contributed by atoms with E-state index >= 15 is 0 Å². The minimum Gasteiger partial charge on any atom is -0.351 e. The van der Waals surface area contributed by atoms with Crippen molar-refractivity contribution in [3.63, 3.8) is 0 Å². The highest BCUT2D eigenvalue weighted by atomic mass is 32.2. The molecule has 37 heavy (non-hydrogen) atoms. The summed E-state index contributed by atoms with van der Waals surface area (Å²) in [5, 5.41) is 6.11.